The van der Waals surface area contributed by atoms with Crippen LogP contribution in [0.25, 0.3) is 16.7 Å². The van der Waals surface area contributed by atoms with Gasteiger partial charge in [-0.05, 0) is 46.8 Å². The van der Waals surface area contributed by atoms with Crippen molar-refractivity contribution in [3.05, 3.63) is 65.0 Å². The minimum absolute atomic E-state index is 0.109. The number of nitrogens with zero attached hydrogens (tertiary/aromatic N) is 4. The van der Waals surface area contributed by atoms with E-state index in [1.54, 1.807) is 37.4 Å². The number of ether oxygens (including phenoxy) is 1. The number of hydrogen-bond acceptors (Lipinski definition) is 8. The van der Waals surface area contributed by atoms with Crippen LogP contribution in [0.1, 0.15) is 0 Å². The summed E-state index contributed by atoms with van der Waals surface area (Å²) in [6.07, 6.45) is 0. The van der Waals surface area contributed by atoms with Crippen LogP contribution in [0.2, 0.25) is 0 Å². The highest BCUT2D eigenvalue weighted by molar-refractivity contribution is 7.99. The zero-order chi connectivity index (χ0) is 20.2. The highest BCUT2D eigenvalue weighted by atomic mass is 32.2. The number of fused-ring (bicyclic) bond motifs is 1. The summed E-state index contributed by atoms with van der Waals surface area (Å²) in [5, 5.41) is 15.7. The molecule has 4 rings (SSSR count). The lowest BCUT2D eigenvalue weighted by Gasteiger charge is -2.09. The Bertz CT molecular complexity index is 1240. The Morgan fingerprint density at radius 2 is 2.07 bits per heavy atom. The summed E-state index contributed by atoms with van der Waals surface area (Å²) in [7, 11) is 1.57. The maximum Gasteiger partial charge on any atom is 0.336 e. The number of aromatic nitrogens is 4. The van der Waals surface area contributed by atoms with Gasteiger partial charge < -0.3 is 14.5 Å². The van der Waals surface area contributed by atoms with Gasteiger partial charge in [0.1, 0.15) is 17.0 Å². The topological polar surface area (TPSA) is 112 Å². The van der Waals surface area contributed by atoms with E-state index in [0.29, 0.717) is 27.9 Å². The average Bonchev–Trinajstić information content (AvgIpc) is 3.21. The molecule has 2 aromatic heterocycles. The van der Waals surface area contributed by atoms with Gasteiger partial charge in [0.15, 0.2) is 0 Å². The van der Waals surface area contributed by atoms with Gasteiger partial charge in [0.2, 0.25) is 11.1 Å². The van der Waals surface area contributed by atoms with Gasteiger partial charge in [0, 0.05) is 17.1 Å². The maximum absolute atomic E-state index is 12.4. The summed E-state index contributed by atoms with van der Waals surface area (Å²) >= 11 is 1.20. The maximum atomic E-state index is 12.4. The van der Waals surface area contributed by atoms with E-state index in [4.69, 9.17) is 9.15 Å². The van der Waals surface area contributed by atoms with Crippen LogP contribution in [-0.2, 0) is 4.79 Å². The molecule has 0 radical (unpaired) electrons. The largest absolute Gasteiger partial charge is 0.494 e. The van der Waals surface area contributed by atoms with Crippen LogP contribution in [0.3, 0.4) is 0 Å². The second kappa shape index (κ2) is 8.15. The number of amides is 1. The smallest absolute Gasteiger partial charge is 0.336 e. The zero-order valence-electron chi connectivity index (χ0n) is 15.2. The minimum Gasteiger partial charge on any atom is -0.494 e. The first kappa shape index (κ1) is 18.7. The van der Waals surface area contributed by atoms with Crippen LogP contribution in [0.15, 0.2) is 69.0 Å². The number of carbonyl (C=O) groups is 1. The molecule has 1 amide bonds. The molecule has 0 aliphatic rings. The van der Waals surface area contributed by atoms with Gasteiger partial charge in [-0.1, -0.05) is 23.9 Å². The third-order valence-electron chi connectivity index (χ3n) is 3.99. The Morgan fingerprint density at radius 1 is 1.21 bits per heavy atom. The number of rotatable bonds is 6. The minimum atomic E-state index is -0.418. The second-order valence-corrected chi connectivity index (χ2v) is 6.83. The molecule has 2 aromatic carbocycles. The summed E-state index contributed by atoms with van der Waals surface area (Å²) in [5.41, 5.74) is 1.32. The molecular formula is C19H15N5O4S. The fourth-order valence-electron chi connectivity index (χ4n) is 2.70. The molecule has 0 saturated heterocycles. The Hall–Kier alpha value is -3.66. The molecule has 2 heterocycles. The van der Waals surface area contributed by atoms with E-state index >= 15 is 0 Å². The number of methoxy groups -OCH3 is 1. The van der Waals surface area contributed by atoms with Crippen LogP contribution in [0.4, 0.5) is 5.69 Å². The normalized spacial score (nSPS) is 10.8. The van der Waals surface area contributed by atoms with Crippen LogP contribution < -0.4 is 15.7 Å². The molecule has 10 heteroatoms. The summed E-state index contributed by atoms with van der Waals surface area (Å²) in [6.45, 7) is 0. The Balaban J connectivity index is 1.45. The summed E-state index contributed by atoms with van der Waals surface area (Å²) in [4.78, 5) is 23.6. The molecule has 0 aliphatic carbocycles. The van der Waals surface area contributed by atoms with Crippen molar-refractivity contribution in [1.29, 1.82) is 0 Å². The van der Waals surface area contributed by atoms with Gasteiger partial charge >= 0.3 is 5.63 Å². The van der Waals surface area contributed by atoms with Crippen molar-refractivity contribution in [3.8, 4) is 11.4 Å². The molecule has 146 valence electrons. The van der Waals surface area contributed by atoms with Crippen LogP contribution in [0, 0.1) is 0 Å². The number of thioether (sulfide) groups is 1. The first-order chi connectivity index (χ1) is 14.1. The van der Waals surface area contributed by atoms with E-state index in [9.17, 15) is 9.59 Å². The van der Waals surface area contributed by atoms with Crippen LogP contribution >= 0.6 is 11.8 Å². The Labute approximate surface area is 168 Å². The molecule has 29 heavy (non-hydrogen) atoms. The van der Waals surface area contributed by atoms with Gasteiger partial charge in [0.05, 0.1) is 12.9 Å². The second-order valence-electron chi connectivity index (χ2n) is 5.89. The molecular weight excluding hydrogens is 394 g/mol. The molecule has 0 saturated carbocycles. The van der Waals surface area contributed by atoms with E-state index in [1.165, 1.54) is 22.5 Å². The van der Waals surface area contributed by atoms with Crippen molar-refractivity contribution in [2.75, 3.05) is 18.2 Å². The van der Waals surface area contributed by atoms with Gasteiger partial charge in [0.25, 0.3) is 0 Å². The predicted octanol–water partition coefficient (Wildman–Crippen LogP) is 2.51. The van der Waals surface area contributed by atoms with E-state index < -0.39 is 5.63 Å². The van der Waals surface area contributed by atoms with Crippen LogP contribution in [0.5, 0.6) is 5.75 Å². The van der Waals surface area contributed by atoms with Gasteiger partial charge in [-0.3, -0.25) is 4.79 Å². The van der Waals surface area contributed by atoms with Crippen molar-refractivity contribution < 1.29 is 13.9 Å². The lowest BCUT2D eigenvalue weighted by molar-refractivity contribution is -0.113. The zero-order valence-corrected chi connectivity index (χ0v) is 16.0. The molecule has 0 atom stereocenters. The Morgan fingerprint density at radius 3 is 2.93 bits per heavy atom. The lowest BCUT2D eigenvalue weighted by Crippen LogP contribution is -2.14. The molecule has 0 unspecified atom stereocenters. The van der Waals surface area contributed by atoms with Crippen molar-refractivity contribution in [2.24, 2.45) is 0 Å². The van der Waals surface area contributed by atoms with E-state index in [2.05, 4.69) is 20.8 Å². The number of anilines is 1. The van der Waals surface area contributed by atoms with Crippen molar-refractivity contribution in [3.63, 3.8) is 0 Å². The summed E-state index contributed by atoms with van der Waals surface area (Å²) < 4.78 is 11.9. The number of nitrogens with one attached hydrogen (secondary N) is 1. The van der Waals surface area contributed by atoms with Crippen molar-refractivity contribution in [2.45, 2.75) is 5.16 Å². The lowest BCUT2D eigenvalue weighted by atomic mass is 10.2. The fourth-order valence-corrected chi connectivity index (χ4v) is 3.39. The highest BCUT2D eigenvalue weighted by Gasteiger charge is 2.14. The molecule has 4 aromatic rings. The number of hydrogen-bond donors (Lipinski definition) is 1. The van der Waals surface area contributed by atoms with E-state index in [-0.39, 0.29) is 11.7 Å². The number of carbonyl (C=O) groups excluding carboxylic acids is 1. The summed E-state index contributed by atoms with van der Waals surface area (Å²) in [6, 6.07) is 15.4. The first-order valence-electron chi connectivity index (χ1n) is 8.52. The van der Waals surface area contributed by atoms with E-state index in [1.807, 2.05) is 18.2 Å². The predicted molar refractivity (Wildman–Crippen MR) is 108 cm³/mol. The first-order valence-corrected chi connectivity index (χ1v) is 9.51. The summed E-state index contributed by atoms with van der Waals surface area (Å²) in [5.74, 6) is 0.507. The molecule has 0 bridgehead atoms. The standard InChI is InChI=1S/C19H15N5O4S/c1-27-16-5-3-2-4-14(16)24-19(21-22-23-24)29-11-17(25)20-13-7-8-15-12(10-13)6-9-18(26)28-15/h2-10H,11H2,1H3,(H,20,25). The fraction of sp³-hybridized carbons (Fsp3) is 0.105. The quantitative estimate of drug-likeness (QED) is 0.382. The van der Waals surface area contributed by atoms with Gasteiger partial charge in [-0.2, -0.15) is 4.68 Å². The van der Waals surface area contributed by atoms with Gasteiger partial charge in [-0.15, -0.1) is 5.10 Å². The molecule has 9 nitrogen and oxygen atoms in total. The number of benzene rings is 2. The SMILES string of the molecule is COc1ccccc1-n1nnnc1SCC(=O)Nc1ccc2oc(=O)ccc2c1. The van der Waals surface area contributed by atoms with Crippen LogP contribution in [-0.4, -0.2) is 39.0 Å². The third-order valence-corrected chi connectivity index (χ3v) is 4.91. The van der Waals surface area contributed by atoms with Crippen molar-refractivity contribution in [1.82, 2.24) is 20.2 Å². The molecule has 0 aliphatic heterocycles. The number of tetrazole rings is 1. The van der Waals surface area contributed by atoms with Crippen molar-refractivity contribution >= 4 is 34.3 Å². The third kappa shape index (κ3) is 4.11. The molecule has 0 fully saturated rings. The number of para-hydroxylation sites is 2. The van der Waals surface area contributed by atoms with Gasteiger partial charge in [-0.25, -0.2) is 4.79 Å². The molecule has 0 spiro atoms. The van der Waals surface area contributed by atoms with E-state index in [0.717, 1.165) is 5.39 Å². The average molecular weight is 409 g/mol. The molecule has 1 N–H and O–H groups in total. The Kier molecular flexibility index (Phi) is 5.25. The monoisotopic (exact) mass is 409 g/mol. The highest BCUT2D eigenvalue weighted by Crippen LogP contribution is 2.25.